The van der Waals surface area contributed by atoms with Crippen molar-refractivity contribution in [3.05, 3.63) is 6.20 Å². The van der Waals surface area contributed by atoms with Gasteiger partial charge in [-0.05, 0) is 0 Å². The second-order valence-corrected chi connectivity index (χ2v) is 3.27. The van der Waals surface area contributed by atoms with E-state index >= 15 is 0 Å². The number of hydrogen-bond acceptors (Lipinski definition) is 6. The van der Waals surface area contributed by atoms with Gasteiger partial charge in [0.25, 0.3) is 5.88 Å². The van der Waals surface area contributed by atoms with E-state index in [1.807, 2.05) is 0 Å². The van der Waals surface area contributed by atoms with Crippen molar-refractivity contribution in [1.29, 1.82) is 0 Å². The van der Waals surface area contributed by atoms with Crippen LogP contribution in [0.2, 0.25) is 0 Å². The molecule has 14 heavy (non-hydrogen) atoms. The Hall–Kier alpha value is -1.21. The SMILES string of the molecule is O=C(Oc1cnsn1)N1CCOCC1. The fourth-order valence-corrected chi connectivity index (χ4v) is 1.45. The van der Waals surface area contributed by atoms with Crippen LogP contribution in [-0.2, 0) is 4.74 Å². The van der Waals surface area contributed by atoms with Crippen molar-refractivity contribution in [3.63, 3.8) is 0 Å². The third kappa shape index (κ3) is 2.18. The first kappa shape index (κ1) is 9.35. The maximum atomic E-state index is 11.5. The van der Waals surface area contributed by atoms with Crippen molar-refractivity contribution >= 4 is 17.8 Å². The van der Waals surface area contributed by atoms with Crippen molar-refractivity contribution in [3.8, 4) is 5.88 Å². The molecule has 0 aromatic carbocycles. The highest BCUT2D eigenvalue weighted by atomic mass is 32.1. The summed E-state index contributed by atoms with van der Waals surface area (Å²) in [7, 11) is 0. The largest absolute Gasteiger partial charge is 0.416 e. The van der Waals surface area contributed by atoms with E-state index in [1.54, 1.807) is 4.90 Å². The summed E-state index contributed by atoms with van der Waals surface area (Å²) >= 11 is 1.01. The summed E-state index contributed by atoms with van der Waals surface area (Å²) in [6.45, 7) is 2.25. The Morgan fingerprint density at radius 3 is 3.00 bits per heavy atom. The second kappa shape index (κ2) is 4.34. The molecular formula is C7H9N3O3S. The molecule has 1 aliphatic heterocycles. The third-order valence-electron chi connectivity index (χ3n) is 1.80. The predicted octanol–water partition coefficient (Wildman–Crippen LogP) is 0.369. The number of morpholine rings is 1. The van der Waals surface area contributed by atoms with E-state index in [0.29, 0.717) is 26.3 Å². The monoisotopic (exact) mass is 215 g/mol. The number of ether oxygens (including phenoxy) is 2. The highest BCUT2D eigenvalue weighted by Crippen LogP contribution is 2.08. The van der Waals surface area contributed by atoms with Gasteiger partial charge in [-0.3, -0.25) is 0 Å². The number of aromatic nitrogens is 2. The maximum Gasteiger partial charge on any atom is 0.416 e. The first-order valence-electron chi connectivity index (χ1n) is 4.18. The van der Waals surface area contributed by atoms with Gasteiger partial charge >= 0.3 is 6.09 Å². The van der Waals surface area contributed by atoms with Crippen molar-refractivity contribution in [2.45, 2.75) is 0 Å². The highest BCUT2D eigenvalue weighted by molar-refractivity contribution is 6.99. The summed E-state index contributed by atoms with van der Waals surface area (Å²) < 4.78 is 17.6. The minimum Gasteiger partial charge on any atom is -0.388 e. The molecule has 0 N–H and O–H groups in total. The molecule has 76 valence electrons. The van der Waals surface area contributed by atoms with Crippen LogP contribution in [0.15, 0.2) is 6.20 Å². The molecule has 1 aromatic heterocycles. The number of rotatable bonds is 1. The molecule has 1 amide bonds. The van der Waals surface area contributed by atoms with Crippen molar-refractivity contribution < 1.29 is 14.3 Å². The van der Waals surface area contributed by atoms with Crippen LogP contribution in [0.3, 0.4) is 0 Å². The lowest BCUT2D eigenvalue weighted by molar-refractivity contribution is 0.0412. The Balaban J connectivity index is 1.88. The predicted molar refractivity (Wildman–Crippen MR) is 48.3 cm³/mol. The molecule has 0 unspecified atom stereocenters. The smallest absolute Gasteiger partial charge is 0.388 e. The Kier molecular flexibility index (Phi) is 2.90. The zero-order chi connectivity index (χ0) is 9.80. The van der Waals surface area contributed by atoms with Crippen LogP contribution >= 0.6 is 11.7 Å². The standard InChI is InChI=1S/C7H9N3O3S/c11-7(10-1-3-12-4-2-10)13-6-5-8-14-9-6/h5H,1-4H2. The molecular weight excluding hydrogens is 206 g/mol. The van der Waals surface area contributed by atoms with Gasteiger partial charge in [0.05, 0.1) is 24.9 Å². The van der Waals surface area contributed by atoms with Gasteiger partial charge in [0, 0.05) is 13.1 Å². The van der Waals surface area contributed by atoms with Crippen LogP contribution in [0.1, 0.15) is 0 Å². The molecule has 7 heteroatoms. The quantitative estimate of drug-likeness (QED) is 0.677. The van der Waals surface area contributed by atoms with E-state index in [0.717, 1.165) is 11.7 Å². The van der Waals surface area contributed by atoms with Gasteiger partial charge in [-0.15, -0.1) is 4.37 Å². The maximum absolute atomic E-state index is 11.5. The van der Waals surface area contributed by atoms with E-state index in [2.05, 4.69) is 8.75 Å². The van der Waals surface area contributed by atoms with Gasteiger partial charge in [-0.2, -0.15) is 4.37 Å². The Bertz CT molecular complexity index is 297. The summed E-state index contributed by atoms with van der Waals surface area (Å²) in [6.07, 6.45) is 1.03. The second-order valence-electron chi connectivity index (χ2n) is 2.71. The fourth-order valence-electron chi connectivity index (χ4n) is 1.10. The Morgan fingerprint density at radius 1 is 1.57 bits per heavy atom. The van der Waals surface area contributed by atoms with Gasteiger partial charge < -0.3 is 14.4 Å². The normalized spacial score (nSPS) is 16.7. The van der Waals surface area contributed by atoms with E-state index < -0.39 is 0 Å². The lowest BCUT2D eigenvalue weighted by Gasteiger charge is -2.25. The van der Waals surface area contributed by atoms with E-state index in [4.69, 9.17) is 9.47 Å². The molecule has 0 aliphatic carbocycles. The van der Waals surface area contributed by atoms with Crippen LogP contribution in [0.5, 0.6) is 5.88 Å². The zero-order valence-corrected chi connectivity index (χ0v) is 8.20. The summed E-state index contributed by atoms with van der Waals surface area (Å²) in [6, 6.07) is 0. The van der Waals surface area contributed by atoms with Crippen LogP contribution in [-0.4, -0.2) is 46.0 Å². The fraction of sp³-hybridized carbons (Fsp3) is 0.571. The summed E-state index contributed by atoms with van der Waals surface area (Å²) in [5.74, 6) is 0.256. The molecule has 2 rings (SSSR count). The Labute approximate surface area is 84.8 Å². The van der Waals surface area contributed by atoms with Gasteiger partial charge in [-0.25, -0.2) is 4.79 Å². The molecule has 0 spiro atoms. The van der Waals surface area contributed by atoms with E-state index in [1.165, 1.54) is 6.20 Å². The topological polar surface area (TPSA) is 64.5 Å². The van der Waals surface area contributed by atoms with Gasteiger partial charge in [0.1, 0.15) is 6.20 Å². The van der Waals surface area contributed by atoms with E-state index in [9.17, 15) is 4.79 Å². The first-order chi connectivity index (χ1) is 6.86. The van der Waals surface area contributed by atoms with Crippen LogP contribution in [0.25, 0.3) is 0 Å². The minimum atomic E-state index is -0.388. The van der Waals surface area contributed by atoms with Gasteiger partial charge in [0.15, 0.2) is 0 Å². The number of amides is 1. The summed E-state index contributed by atoms with van der Waals surface area (Å²) in [5, 5.41) is 0. The molecule has 1 aromatic rings. The molecule has 0 radical (unpaired) electrons. The van der Waals surface area contributed by atoms with Crippen molar-refractivity contribution in [2.75, 3.05) is 26.3 Å². The lowest BCUT2D eigenvalue weighted by Crippen LogP contribution is -2.42. The number of nitrogens with zero attached hydrogens (tertiary/aromatic N) is 3. The van der Waals surface area contributed by atoms with Gasteiger partial charge in [0.2, 0.25) is 0 Å². The molecule has 1 aliphatic rings. The highest BCUT2D eigenvalue weighted by Gasteiger charge is 2.19. The molecule has 0 bridgehead atoms. The molecule has 0 saturated carbocycles. The summed E-state index contributed by atoms with van der Waals surface area (Å²) in [4.78, 5) is 13.0. The average molecular weight is 215 g/mol. The third-order valence-corrected chi connectivity index (χ3v) is 2.26. The summed E-state index contributed by atoms with van der Waals surface area (Å²) in [5.41, 5.74) is 0. The van der Waals surface area contributed by atoms with E-state index in [-0.39, 0.29) is 12.0 Å². The number of hydrogen-bond donors (Lipinski definition) is 0. The molecule has 1 fully saturated rings. The van der Waals surface area contributed by atoms with Gasteiger partial charge in [-0.1, -0.05) is 0 Å². The zero-order valence-electron chi connectivity index (χ0n) is 7.38. The lowest BCUT2D eigenvalue weighted by atomic mass is 10.5. The molecule has 2 heterocycles. The first-order valence-corrected chi connectivity index (χ1v) is 4.91. The molecule has 0 atom stereocenters. The molecule has 1 saturated heterocycles. The van der Waals surface area contributed by atoms with Crippen molar-refractivity contribution in [2.24, 2.45) is 0 Å². The average Bonchev–Trinajstić information content (AvgIpc) is 2.72. The Morgan fingerprint density at radius 2 is 2.36 bits per heavy atom. The minimum absolute atomic E-state index is 0.256. The number of carbonyl (C=O) groups is 1. The number of carbonyl (C=O) groups excluding carboxylic acids is 1. The van der Waals surface area contributed by atoms with Crippen LogP contribution in [0.4, 0.5) is 4.79 Å². The molecule has 6 nitrogen and oxygen atoms in total. The van der Waals surface area contributed by atoms with Crippen molar-refractivity contribution in [1.82, 2.24) is 13.6 Å². The van der Waals surface area contributed by atoms with Crippen LogP contribution in [0, 0.1) is 0 Å². The van der Waals surface area contributed by atoms with Crippen LogP contribution < -0.4 is 4.74 Å².